The second-order valence-electron chi connectivity index (χ2n) is 23.0. The highest BCUT2D eigenvalue weighted by Gasteiger charge is 2.22. The van der Waals surface area contributed by atoms with Crippen LogP contribution in [-0.4, -0.2) is 82.3 Å². The molecule has 0 amide bonds. The lowest BCUT2D eigenvalue weighted by molar-refractivity contribution is -0.870. The van der Waals surface area contributed by atoms with Crippen molar-refractivity contribution in [2.75, 3.05) is 47.5 Å². The predicted octanol–water partition coefficient (Wildman–Crippen LogP) is 19.9. The van der Waals surface area contributed by atoms with Crippen LogP contribution in [0.5, 0.6) is 0 Å². The first kappa shape index (κ1) is 81.4. The van der Waals surface area contributed by atoms with Crippen molar-refractivity contribution in [1.29, 1.82) is 0 Å². The number of allylic oxidation sites excluding steroid dienone is 30. The lowest BCUT2D eigenvalue weighted by Crippen LogP contribution is -2.44. The maximum absolute atomic E-state index is 12.9. The van der Waals surface area contributed by atoms with Crippen LogP contribution in [0.2, 0.25) is 0 Å². The minimum absolute atomic E-state index is 0.133. The van der Waals surface area contributed by atoms with Gasteiger partial charge in [0.25, 0.3) is 0 Å². The van der Waals surface area contributed by atoms with E-state index >= 15 is 0 Å². The molecule has 0 N–H and O–H groups in total. The summed E-state index contributed by atoms with van der Waals surface area (Å²) in [5.74, 6) is -2.33. The third-order valence-electron chi connectivity index (χ3n) is 13.6. The molecule has 0 saturated heterocycles. The van der Waals surface area contributed by atoms with Crippen LogP contribution < -0.4 is 5.11 Å². The van der Waals surface area contributed by atoms with E-state index < -0.39 is 24.3 Å². The molecule has 0 spiro atoms. The summed E-state index contributed by atoms with van der Waals surface area (Å²) in [4.78, 5) is 37.4. The summed E-state index contributed by atoms with van der Waals surface area (Å²) in [6.07, 6.45) is 98.1. The minimum atomic E-state index is -1.64. The molecule has 9 nitrogen and oxygen atoms in total. The van der Waals surface area contributed by atoms with Gasteiger partial charge >= 0.3 is 11.9 Å². The number of ether oxygens (including phenoxy) is 4. The SMILES string of the molecule is CC/C=C\C/C=C\C/C=C\C/C=C\C/C=C\C/C=C\C/C=C\C/C=C\C/C=C\C/C=C\C/C=C\CCCCCCCC(=O)OC(COC(=O)CCCCCCCCCCCC/C=C\C/C=C\C/C=C\C/C=C\CC)COC(OCC[N+](C)(C)C)C(=O)[O-]. The first-order valence-corrected chi connectivity index (χ1v) is 33.9. The highest BCUT2D eigenvalue weighted by atomic mass is 16.7. The summed E-state index contributed by atoms with van der Waals surface area (Å²) >= 11 is 0. The number of rotatable bonds is 60. The van der Waals surface area contributed by atoms with E-state index in [2.05, 4.69) is 196 Å². The number of nitrogens with zero attached hydrogens (tertiary/aromatic N) is 1. The molecule has 0 aliphatic carbocycles. The molecule has 0 saturated carbocycles. The molecular formula is C78H123NO8. The van der Waals surface area contributed by atoms with Crippen LogP contribution in [0.1, 0.15) is 232 Å². The van der Waals surface area contributed by atoms with Crippen LogP contribution in [-0.2, 0) is 33.3 Å². The maximum Gasteiger partial charge on any atom is 0.306 e. The molecule has 0 bridgehead atoms. The summed E-state index contributed by atoms with van der Waals surface area (Å²) in [5, 5.41) is 11.8. The number of esters is 2. The molecule has 0 aromatic heterocycles. The van der Waals surface area contributed by atoms with Crippen LogP contribution in [0.15, 0.2) is 182 Å². The van der Waals surface area contributed by atoms with E-state index in [0.29, 0.717) is 17.4 Å². The Morgan fingerprint density at radius 3 is 0.920 bits per heavy atom. The number of unbranched alkanes of at least 4 members (excludes halogenated alkanes) is 15. The van der Waals surface area contributed by atoms with Gasteiger partial charge in [-0.2, -0.15) is 0 Å². The van der Waals surface area contributed by atoms with Gasteiger partial charge in [-0.15, -0.1) is 0 Å². The Morgan fingerprint density at radius 1 is 0.345 bits per heavy atom. The zero-order chi connectivity index (χ0) is 63.3. The lowest BCUT2D eigenvalue weighted by atomic mass is 10.1. The van der Waals surface area contributed by atoms with Gasteiger partial charge < -0.3 is 33.3 Å². The molecule has 0 aliphatic rings. The number of carbonyl (C=O) groups excluding carboxylic acids is 3. The van der Waals surface area contributed by atoms with Gasteiger partial charge in [0.1, 0.15) is 13.2 Å². The lowest BCUT2D eigenvalue weighted by Gasteiger charge is -2.26. The third kappa shape index (κ3) is 67.8. The minimum Gasteiger partial charge on any atom is -0.545 e. The van der Waals surface area contributed by atoms with Crippen molar-refractivity contribution in [2.45, 2.75) is 245 Å². The number of quaternary nitrogens is 1. The summed E-state index contributed by atoms with van der Waals surface area (Å²) in [7, 11) is 5.90. The standard InChI is InChI=1S/C78H123NO8/c1-6-8-10-12-14-16-18-20-22-24-26-28-30-31-32-33-34-35-36-37-38-39-40-41-42-43-44-45-47-49-51-53-55-57-59-61-63-65-67-69-76(81)87-74(73-86-78(77(82)83)84-71-70-79(3,4)5)72-85-75(80)68-66-64-62-60-58-56-54-52-50-48-46-29-27-25-23-21-19-17-15-13-11-9-7-2/h8-11,14-17,20-23,26-29,31-32,34-35,37-38,40-41,43-44,47,49,53,55,74,78H,6-7,12-13,18-19,24-25,30,33,36,39,42,45-46,48,50-52,54,56-73H2,1-5H3/b10-8-,11-9-,16-14-,17-15-,22-20-,23-21-,28-26-,29-27-,32-31-,35-34-,38-37-,41-40-,44-43-,49-47-,55-53-. The molecule has 0 aromatic rings. The van der Waals surface area contributed by atoms with Crippen LogP contribution in [0.3, 0.4) is 0 Å². The number of carbonyl (C=O) groups is 3. The van der Waals surface area contributed by atoms with Gasteiger partial charge in [-0.05, 0) is 135 Å². The van der Waals surface area contributed by atoms with Crippen molar-refractivity contribution in [2.24, 2.45) is 0 Å². The van der Waals surface area contributed by atoms with Gasteiger partial charge in [-0.25, -0.2) is 0 Å². The molecule has 0 fully saturated rings. The number of hydrogen-bond donors (Lipinski definition) is 0. The van der Waals surface area contributed by atoms with E-state index in [-0.39, 0.29) is 38.6 Å². The highest BCUT2D eigenvalue weighted by Crippen LogP contribution is 2.15. The highest BCUT2D eigenvalue weighted by molar-refractivity contribution is 5.70. The Labute approximate surface area is 532 Å². The molecule has 9 heteroatoms. The number of aliphatic carboxylic acids is 1. The average molecular weight is 1200 g/mol. The first-order valence-electron chi connectivity index (χ1n) is 33.9. The average Bonchev–Trinajstić information content (AvgIpc) is 3.55. The Morgan fingerprint density at radius 2 is 0.621 bits per heavy atom. The van der Waals surface area contributed by atoms with E-state index in [0.717, 1.165) is 161 Å². The molecule has 0 heterocycles. The van der Waals surface area contributed by atoms with Crippen molar-refractivity contribution in [3.05, 3.63) is 182 Å². The molecule has 0 aliphatic heterocycles. The fourth-order valence-corrected chi connectivity index (χ4v) is 8.53. The maximum atomic E-state index is 12.9. The Bertz CT molecular complexity index is 2080. The van der Waals surface area contributed by atoms with E-state index in [1.807, 2.05) is 21.1 Å². The van der Waals surface area contributed by atoms with Crippen LogP contribution in [0.4, 0.5) is 0 Å². The van der Waals surface area contributed by atoms with Gasteiger partial charge in [0.05, 0.1) is 40.3 Å². The monoisotopic (exact) mass is 1200 g/mol. The predicted molar refractivity (Wildman–Crippen MR) is 370 cm³/mol. The van der Waals surface area contributed by atoms with E-state index in [9.17, 15) is 19.5 Å². The summed E-state index contributed by atoms with van der Waals surface area (Å²) in [6.45, 7) is 4.47. The number of likely N-dealkylation sites (N-methyl/N-ethyl adjacent to an activating group) is 1. The molecule has 0 rings (SSSR count). The summed E-state index contributed by atoms with van der Waals surface area (Å²) < 4.78 is 22.7. The van der Waals surface area contributed by atoms with Gasteiger partial charge in [0.15, 0.2) is 12.4 Å². The largest absolute Gasteiger partial charge is 0.545 e. The first-order chi connectivity index (χ1) is 42.6. The number of carboxylic acids is 1. The van der Waals surface area contributed by atoms with Gasteiger partial charge in [-0.3, -0.25) is 9.59 Å². The molecule has 2 unspecified atom stereocenters. The zero-order valence-corrected chi connectivity index (χ0v) is 55.6. The molecule has 0 aromatic carbocycles. The number of hydrogen-bond acceptors (Lipinski definition) is 8. The summed E-state index contributed by atoms with van der Waals surface area (Å²) in [6, 6.07) is 0. The molecule has 2 atom stereocenters. The fraction of sp³-hybridized carbons (Fsp3) is 0.577. The van der Waals surface area contributed by atoms with E-state index in [1.54, 1.807) is 0 Å². The van der Waals surface area contributed by atoms with Gasteiger partial charge in [-0.1, -0.05) is 267 Å². The van der Waals surface area contributed by atoms with Crippen molar-refractivity contribution in [3.8, 4) is 0 Å². The normalized spacial score (nSPS) is 13.9. The van der Waals surface area contributed by atoms with E-state index in [1.165, 1.54) is 38.5 Å². The van der Waals surface area contributed by atoms with Crippen molar-refractivity contribution >= 4 is 17.9 Å². The topological polar surface area (TPSA) is 111 Å². The second kappa shape index (κ2) is 66.3. The quantitative estimate of drug-likeness (QED) is 0.0195. The van der Waals surface area contributed by atoms with Crippen LogP contribution in [0, 0.1) is 0 Å². The zero-order valence-electron chi connectivity index (χ0n) is 55.6. The number of carboxylic acid groups (broad SMARTS) is 1. The molecule has 87 heavy (non-hydrogen) atoms. The van der Waals surface area contributed by atoms with Crippen LogP contribution in [0.25, 0.3) is 0 Å². The Hall–Kier alpha value is -5.61. The second-order valence-corrected chi connectivity index (χ2v) is 23.0. The molecular weight excluding hydrogens is 1080 g/mol. The fourth-order valence-electron chi connectivity index (χ4n) is 8.53. The summed E-state index contributed by atoms with van der Waals surface area (Å²) in [5.41, 5.74) is 0. The van der Waals surface area contributed by atoms with Crippen molar-refractivity contribution < 1.29 is 42.9 Å². The van der Waals surface area contributed by atoms with Crippen molar-refractivity contribution in [3.63, 3.8) is 0 Å². The van der Waals surface area contributed by atoms with Gasteiger partial charge in [0.2, 0.25) is 0 Å². The third-order valence-corrected chi connectivity index (χ3v) is 13.6. The van der Waals surface area contributed by atoms with Crippen LogP contribution >= 0.6 is 0 Å². The Balaban J connectivity index is 4.26. The molecule has 0 radical (unpaired) electrons. The van der Waals surface area contributed by atoms with E-state index in [4.69, 9.17) is 18.9 Å². The van der Waals surface area contributed by atoms with Crippen molar-refractivity contribution in [1.82, 2.24) is 0 Å². The molecule has 488 valence electrons. The van der Waals surface area contributed by atoms with Gasteiger partial charge in [0, 0.05) is 12.8 Å². The Kier molecular flexibility index (Phi) is 62.1. The smallest absolute Gasteiger partial charge is 0.306 e.